The molecule has 2 atom stereocenters. The summed E-state index contributed by atoms with van der Waals surface area (Å²) in [6.07, 6.45) is 6.59. The first-order valence-electron chi connectivity index (χ1n) is 4.82. The highest BCUT2D eigenvalue weighted by Crippen LogP contribution is 2.45. The lowest BCUT2D eigenvalue weighted by atomic mass is 9.76. The van der Waals surface area contributed by atoms with Crippen LogP contribution in [0.25, 0.3) is 0 Å². The largest absolute Gasteiger partial charge is 0.330 e. The number of hydrogen-bond acceptors (Lipinski definition) is 1. The minimum atomic E-state index is 0.259. The fourth-order valence-electron chi connectivity index (χ4n) is 2.28. The van der Waals surface area contributed by atoms with Crippen molar-refractivity contribution < 1.29 is 0 Å². The number of halogens is 2. The molecule has 0 radical (unpaired) electrons. The van der Waals surface area contributed by atoms with Gasteiger partial charge in [-0.15, -0.1) is 0 Å². The molecule has 0 amide bonds. The highest BCUT2D eigenvalue weighted by Gasteiger charge is 2.37. The van der Waals surface area contributed by atoms with Crippen LogP contribution in [0.5, 0.6) is 0 Å². The third kappa shape index (κ3) is 2.61. The Morgan fingerprint density at radius 2 is 2.31 bits per heavy atom. The van der Waals surface area contributed by atoms with E-state index in [1.807, 2.05) is 6.08 Å². The smallest absolute Gasteiger partial charge is 0.102 e. The standard InChI is InChI=1S/C10H17Cl2N/c1-8-3-2-5-10(8,7-13)6-4-9(11)12/h4,8H,2-3,5-7,13H2,1H3. The molecule has 0 aromatic carbocycles. The average Bonchev–Trinajstić information content (AvgIpc) is 2.45. The monoisotopic (exact) mass is 221 g/mol. The van der Waals surface area contributed by atoms with E-state index in [0.29, 0.717) is 10.4 Å². The summed E-state index contributed by atoms with van der Waals surface area (Å²) in [5.74, 6) is 0.696. The maximum Gasteiger partial charge on any atom is 0.102 e. The lowest BCUT2D eigenvalue weighted by molar-refractivity contribution is 0.229. The first-order chi connectivity index (χ1) is 6.10. The molecule has 0 aromatic heterocycles. The van der Waals surface area contributed by atoms with Crippen LogP contribution in [0.4, 0.5) is 0 Å². The SMILES string of the molecule is CC1CCCC1(CN)CC=C(Cl)Cl. The Kier molecular flexibility index (Phi) is 4.08. The molecule has 0 saturated heterocycles. The van der Waals surface area contributed by atoms with Gasteiger partial charge in [0.2, 0.25) is 0 Å². The summed E-state index contributed by atoms with van der Waals surface area (Å²) in [5.41, 5.74) is 6.09. The number of allylic oxidation sites excluding steroid dienone is 1. The van der Waals surface area contributed by atoms with Crippen molar-refractivity contribution in [2.75, 3.05) is 6.54 Å². The van der Waals surface area contributed by atoms with Gasteiger partial charge in [-0.3, -0.25) is 0 Å². The summed E-state index contributed by atoms with van der Waals surface area (Å²) in [6.45, 7) is 3.02. The van der Waals surface area contributed by atoms with Crippen molar-refractivity contribution in [2.45, 2.75) is 32.6 Å². The van der Waals surface area contributed by atoms with E-state index < -0.39 is 0 Å². The summed E-state index contributed by atoms with van der Waals surface area (Å²) >= 11 is 11.2. The van der Waals surface area contributed by atoms with Gasteiger partial charge in [0, 0.05) is 0 Å². The van der Waals surface area contributed by atoms with Crippen LogP contribution >= 0.6 is 23.2 Å². The lowest BCUT2D eigenvalue weighted by Crippen LogP contribution is -2.32. The summed E-state index contributed by atoms with van der Waals surface area (Å²) in [6, 6.07) is 0. The normalized spacial score (nSPS) is 33.4. The molecule has 0 spiro atoms. The zero-order valence-electron chi connectivity index (χ0n) is 8.02. The van der Waals surface area contributed by atoms with E-state index in [-0.39, 0.29) is 5.41 Å². The second-order valence-electron chi connectivity index (χ2n) is 4.06. The molecule has 1 fully saturated rings. The minimum Gasteiger partial charge on any atom is -0.330 e. The molecule has 0 aromatic rings. The van der Waals surface area contributed by atoms with E-state index >= 15 is 0 Å². The van der Waals surface area contributed by atoms with Crippen molar-refractivity contribution >= 4 is 23.2 Å². The van der Waals surface area contributed by atoms with Crippen molar-refractivity contribution in [3.63, 3.8) is 0 Å². The van der Waals surface area contributed by atoms with Gasteiger partial charge in [0.15, 0.2) is 0 Å². The van der Waals surface area contributed by atoms with Crippen LogP contribution in [-0.4, -0.2) is 6.54 Å². The van der Waals surface area contributed by atoms with Gasteiger partial charge in [-0.25, -0.2) is 0 Å². The molecule has 0 heterocycles. The van der Waals surface area contributed by atoms with E-state index in [0.717, 1.165) is 13.0 Å². The average molecular weight is 222 g/mol. The molecule has 2 unspecified atom stereocenters. The third-order valence-electron chi connectivity index (χ3n) is 3.43. The first kappa shape index (κ1) is 11.4. The Bertz CT molecular complexity index is 199. The van der Waals surface area contributed by atoms with E-state index in [1.54, 1.807) is 0 Å². The zero-order chi connectivity index (χ0) is 9.90. The fraction of sp³-hybridized carbons (Fsp3) is 0.800. The van der Waals surface area contributed by atoms with Crippen LogP contribution in [0, 0.1) is 11.3 Å². The molecule has 76 valence electrons. The molecule has 0 aliphatic heterocycles. The Balaban J connectivity index is 2.64. The molecule has 1 rings (SSSR count). The number of hydrogen-bond donors (Lipinski definition) is 1. The van der Waals surface area contributed by atoms with Crippen molar-refractivity contribution in [3.05, 3.63) is 10.6 Å². The van der Waals surface area contributed by atoms with Crippen LogP contribution in [0.2, 0.25) is 0 Å². The highest BCUT2D eigenvalue weighted by molar-refractivity contribution is 6.55. The van der Waals surface area contributed by atoms with Gasteiger partial charge in [0.25, 0.3) is 0 Å². The second-order valence-corrected chi connectivity index (χ2v) is 5.07. The highest BCUT2D eigenvalue weighted by atomic mass is 35.5. The van der Waals surface area contributed by atoms with E-state index in [4.69, 9.17) is 28.9 Å². The Morgan fingerprint density at radius 3 is 2.69 bits per heavy atom. The van der Waals surface area contributed by atoms with Crippen molar-refractivity contribution in [1.29, 1.82) is 0 Å². The van der Waals surface area contributed by atoms with Gasteiger partial charge < -0.3 is 5.73 Å². The van der Waals surface area contributed by atoms with Crippen molar-refractivity contribution in [3.8, 4) is 0 Å². The summed E-state index contributed by atoms with van der Waals surface area (Å²) in [7, 11) is 0. The first-order valence-corrected chi connectivity index (χ1v) is 5.57. The van der Waals surface area contributed by atoms with E-state index in [9.17, 15) is 0 Å². The van der Waals surface area contributed by atoms with Gasteiger partial charge in [-0.2, -0.15) is 0 Å². The molecule has 1 aliphatic carbocycles. The zero-order valence-corrected chi connectivity index (χ0v) is 9.54. The minimum absolute atomic E-state index is 0.259. The molecule has 1 saturated carbocycles. The van der Waals surface area contributed by atoms with Crippen LogP contribution < -0.4 is 5.73 Å². The Morgan fingerprint density at radius 1 is 1.62 bits per heavy atom. The Hall–Kier alpha value is 0.280. The quantitative estimate of drug-likeness (QED) is 0.777. The fourth-order valence-corrected chi connectivity index (χ4v) is 2.44. The van der Waals surface area contributed by atoms with Gasteiger partial charge in [-0.05, 0) is 30.7 Å². The predicted octanol–water partition coefficient (Wildman–Crippen LogP) is 3.46. The molecule has 0 bridgehead atoms. The van der Waals surface area contributed by atoms with Crippen molar-refractivity contribution in [2.24, 2.45) is 17.1 Å². The van der Waals surface area contributed by atoms with Crippen molar-refractivity contribution in [1.82, 2.24) is 0 Å². The maximum absolute atomic E-state index is 5.83. The summed E-state index contributed by atoms with van der Waals surface area (Å²) in [5, 5.41) is 0. The molecule has 1 nitrogen and oxygen atoms in total. The van der Waals surface area contributed by atoms with E-state index in [1.165, 1.54) is 19.3 Å². The second kappa shape index (κ2) is 4.68. The predicted molar refractivity (Wildman–Crippen MR) is 58.9 cm³/mol. The number of nitrogens with two attached hydrogens (primary N) is 1. The maximum atomic E-state index is 5.83. The Labute approximate surface area is 90.3 Å². The molecule has 3 heteroatoms. The lowest BCUT2D eigenvalue weighted by Gasteiger charge is -2.31. The molecule has 1 aliphatic rings. The summed E-state index contributed by atoms with van der Waals surface area (Å²) in [4.78, 5) is 0. The molecule has 2 N–H and O–H groups in total. The van der Waals surface area contributed by atoms with Crippen LogP contribution in [0.15, 0.2) is 10.6 Å². The topological polar surface area (TPSA) is 26.0 Å². The number of rotatable bonds is 3. The van der Waals surface area contributed by atoms with Gasteiger partial charge in [0.1, 0.15) is 4.49 Å². The molecular formula is C10H17Cl2N. The van der Waals surface area contributed by atoms with Gasteiger partial charge in [0.05, 0.1) is 0 Å². The van der Waals surface area contributed by atoms with Crippen LogP contribution in [0.3, 0.4) is 0 Å². The van der Waals surface area contributed by atoms with Gasteiger partial charge in [-0.1, -0.05) is 49.0 Å². The third-order valence-corrected chi connectivity index (χ3v) is 3.74. The van der Waals surface area contributed by atoms with Crippen LogP contribution in [0.1, 0.15) is 32.6 Å². The van der Waals surface area contributed by atoms with E-state index in [2.05, 4.69) is 6.92 Å². The molecule has 13 heavy (non-hydrogen) atoms. The molecular weight excluding hydrogens is 205 g/mol. The summed E-state index contributed by atoms with van der Waals surface area (Å²) < 4.78 is 0.368. The van der Waals surface area contributed by atoms with Gasteiger partial charge >= 0.3 is 0 Å². The van der Waals surface area contributed by atoms with Crippen LogP contribution in [-0.2, 0) is 0 Å².